The fourth-order valence-corrected chi connectivity index (χ4v) is 3.41. The van der Waals surface area contributed by atoms with Crippen LogP contribution in [0.4, 0.5) is 21.4 Å². The number of anilines is 3. The SMILES string of the molecule is CC(C)(C)c1csc(NC(=O)Nc2ccc(N3CCNCC3)nc2)n1. The van der Waals surface area contributed by atoms with Gasteiger partial charge in [-0.2, -0.15) is 0 Å². The van der Waals surface area contributed by atoms with E-state index in [2.05, 4.69) is 51.6 Å². The maximum Gasteiger partial charge on any atom is 0.325 e. The molecule has 0 aromatic carbocycles. The van der Waals surface area contributed by atoms with Gasteiger partial charge in [-0.1, -0.05) is 20.8 Å². The predicted octanol–water partition coefficient (Wildman–Crippen LogP) is 2.89. The van der Waals surface area contributed by atoms with E-state index in [4.69, 9.17) is 0 Å². The molecule has 0 radical (unpaired) electrons. The number of urea groups is 1. The summed E-state index contributed by atoms with van der Waals surface area (Å²) in [5, 5.41) is 11.4. The van der Waals surface area contributed by atoms with Gasteiger partial charge in [0, 0.05) is 37.0 Å². The summed E-state index contributed by atoms with van der Waals surface area (Å²) in [6.07, 6.45) is 1.68. The summed E-state index contributed by atoms with van der Waals surface area (Å²) in [6.45, 7) is 10.1. The Balaban J connectivity index is 1.56. The first-order valence-corrected chi connectivity index (χ1v) is 9.25. The molecule has 134 valence electrons. The maximum atomic E-state index is 12.1. The molecule has 2 aromatic rings. The minimum Gasteiger partial charge on any atom is -0.354 e. The molecule has 0 saturated carbocycles. The number of hydrogen-bond acceptors (Lipinski definition) is 6. The van der Waals surface area contributed by atoms with E-state index in [0.29, 0.717) is 10.8 Å². The normalized spacial score (nSPS) is 15.1. The highest BCUT2D eigenvalue weighted by atomic mass is 32.1. The van der Waals surface area contributed by atoms with Crippen LogP contribution in [0.15, 0.2) is 23.7 Å². The number of nitrogens with one attached hydrogen (secondary N) is 3. The predicted molar refractivity (Wildman–Crippen MR) is 103 cm³/mol. The van der Waals surface area contributed by atoms with Crippen LogP contribution in [0.5, 0.6) is 0 Å². The molecule has 1 aliphatic heterocycles. The quantitative estimate of drug-likeness (QED) is 0.784. The van der Waals surface area contributed by atoms with Crippen molar-refractivity contribution in [2.75, 3.05) is 41.7 Å². The van der Waals surface area contributed by atoms with Crippen molar-refractivity contribution in [2.24, 2.45) is 0 Å². The summed E-state index contributed by atoms with van der Waals surface area (Å²) in [7, 11) is 0. The number of aromatic nitrogens is 2. The van der Waals surface area contributed by atoms with Crippen LogP contribution in [-0.2, 0) is 5.41 Å². The van der Waals surface area contributed by atoms with E-state index in [1.165, 1.54) is 11.3 Å². The molecule has 0 aliphatic carbocycles. The van der Waals surface area contributed by atoms with E-state index in [9.17, 15) is 4.79 Å². The van der Waals surface area contributed by atoms with Gasteiger partial charge >= 0.3 is 6.03 Å². The number of amides is 2. The van der Waals surface area contributed by atoms with E-state index >= 15 is 0 Å². The van der Waals surface area contributed by atoms with Gasteiger partial charge in [0.1, 0.15) is 5.82 Å². The average Bonchev–Trinajstić information content (AvgIpc) is 3.05. The molecule has 3 rings (SSSR count). The highest BCUT2D eigenvalue weighted by Crippen LogP contribution is 2.26. The second-order valence-electron chi connectivity index (χ2n) is 7.01. The van der Waals surface area contributed by atoms with Gasteiger partial charge < -0.3 is 15.5 Å². The third-order valence-electron chi connectivity index (χ3n) is 3.94. The molecule has 0 bridgehead atoms. The molecule has 8 heteroatoms. The molecule has 3 heterocycles. The zero-order valence-electron chi connectivity index (χ0n) is 14.8. The topological polar surface area (TPSA) is 82.2 Å². The van der Waals surface area contributed by atoms with Crippen LogP contribution >= 0.6 is 11.3 Å². The zero-order valence-corrected chi connectivity index (χ0v) is 15.6. The molecular formula is C17H24N6OS. The van der Waals surface area contributed by atoms with E-state index in [-0.39, 0.29) is 11.4 Å². The Morgan fingerprint density at radius 2 is 2.00 bits per heavy atom. The fraction of sp³-hybridized carbons (Fsp3) is 0.471. The molecule has 0 spiro atoms. The Labute approximate surface area is 151 Å². The summed E-state index contributed by atoms with van der Waals surface area (Å²) in [5.41, 5.74) is 1.59. The Morgan fingerprint density at radius 3 is 2.60 bits per heavy atom. The molecule has 2 aromatic heterocycles. The lowest BCUT2D eigenvalue weighted by atomic mass is 9.93. The smallest absolute Gasteiger partial charge is 0.325 e. The molecule has 1 fully saturated rings. The molecule has 0 atom stereocenters. The van der Waals surface area contributed by atoms with E-state index in [0.717, 1.165) is 37.7 Å². The first kappa shape index (κ1) is 17.6. The molecule has 1 aliphatic rings. The van der Waals surface area contributed by atoms with Gasteiger partial charge in [-0.3, -0.25) is 5.32 Å². The number of piperazine rings is 1. The lowest BCUT2D eigenvalue weighted by Crippen LogP contribution is -2.43. The van der Waals surface area contributed by atoms with Crippen LogP contribution in [0, 0.1) is 0 Å². The Bertz CT molecular complexity index is 715. The number of hydrogen-bond donors (Lipinski definition) is 3. The first-order valence-electron chi connectivity index (χ1n) is 8.37. The van der Waals surface area contributed by atoms with Crippen LogP contribution in [0.3, 0.4) is 0 Å². The van der Waals surface area contributed by atoms with Crippen LogP contribution in [0.2, 0.25) is 0 Å². The second kappa shape index (κ2) is 7.37. The summed E-state index contributed by atoms with van der Waals surface area (Å²) in [5.74, 6) is 0.933. The molecule has 1 saturated heterocycles. The number of rotatable bonds is 3. The molecule has 0 unspecified atom stereocenters. The number of pyridine rings is 1. The lowest BCUT2D eigenvalue weighted by Gasteiger charge is -2.28. The Kier molecular flexibility index (Phi) is 5.19. The lowest BCUT2D eigenvalue weighted by molar-refractivity contribution is 0.262. The van der Waals surface area contributed by atoms with E-state index in [1.54, 1.807) is 6.20 Å². The van der Waals surface area contributed by atoms with E-state index < -0.39 is 0 Å². The highest BCUT2D eigenvalue weighted by Gasteiger charge is 2.18. The summed E-state index contributed by atoms with van der Waals surface area (Å²) in [6, 6.07) is 3.49. The number of nitrogens with zero attached hydrogens (tertiary/aromatic N) is 3. The van der Waals surface area contributed by atoms with Crippen molar-refractivity contribution in [3.63, 3.8) is 0 Å². The number of thiazole rings is 1. The van der Waals surface area contributed by atoms with Gasteiger partial charge in [0.25, 0.3) is 0 Å². The standard InChI is InChI=1S/C17H24N6OS/c1-17(2,3)13-11-25-16(21-13)22-15(24)20-12-4-5-14(19-10-12)23-8-6-18-7-9-23/h4-5,10-11,18H,6-9H2,1-3H3,(H2,20,21,22,24). The maximum absolute atomic E-state index is 12.1. The summed E-state index contributed by atoms with van der Waals surface area (Å²) < 4.78 is 0. The third-order valence-corrected chi connectivity index (χ3v) is 4.70. The third kappa shape index (κ3) is 4.67. The number of carbonyl (C=O) groups excluding carboxylic acids is 1. The van der Waals surface area contributed by atoms with Crippen molar-refractivity contribution in [1.29, 1.82) is 0 Å². The largest absolute Gasteiger partial charge is 0.354 e. The van der Waals surface area contributed by atoms with Crippen LogP contribution in [0.25, 0.3) is 0 Å². The van der Waals surface area contributed by atoms with Gasteiger partial charge in [0.15, 0.2) is 5.13 Å². The molecule has 7 nitrogen and oxygen atoms in total. The Hall–Kier alpha value is -2.19. The van der Waals surface area contributed by atoms with Gasteiger partial charge in [0.2, 0.25) is 0 Å². The highest BCUT2D eigenvalue weighted by molar-refractivity contribution is 7.14. The first-order chi connectivity index (χ1) is 11.9. The monoisotopic (exact) mass is 360 g/mol. The molecule has 25 heavy (non-hydrogen) atoms. The van der Waals surface area contributed by atoms with Crippen molar-refractivity contribution in [1.82, 2.24) is 15.3 Å². The van der Waals surface area contributed by atoms with Crippen molar-refractivity contribution >= 4 is 34.0 Å². The van der Waals surface area contributed by atoms with Crippen LogP contribution in [0.1, 0.15) is 26.5 Å². The van der Waals surface area contributed by atoms with Gasteiger partial charge in [-0.05, 0) is 12.1 Å². The second-order valence-corrected chi connectivity index (χ2v) is 7.87. The van der Waals surface area contributed by atoms with Gasteiger partial charge in [-0.25, -0.2) is 14.8 Å². The summed E-state index contributed by atoms with van der Waals surface area (Å²) >= 11 is 1.43. The van der Waals surface area contributed by atoms with Crippen molar-refractivity contribution in [3.8, 4) is 0 Å². The molecule has 2 amide bonds. The van der Waals surface area contributed by atoms with Crippen molar-refractivity contribution in [2.45, 2.75) is 26.2 Å². The Morgan fingerprint density at radius 1 is 1.24 bits per heavy atom. The van der Waals surface area contributed by atoms with Crippen LogP contribution < -0.4 is 20.9 Å². The minimum atomic E-state index is -0.313. The van der Waals surface area contributed by atoms with Crippen molar-refractivity contribution < 1.29 is 4.79 Å². The zero-order chi connectivity index (χ0) is 17.9. The summed E-state index contributed by atoms with van der Waals surface area (Å²) in [4.78, 5) is 23.2. The van der Waals surface area contributed by atoms with Gasteiger partial charge in [-0.15, -0.1) is 11.3 Å². The van der Waals surface area contributed by atoms with Crippen molar-refractivity contribution in [3.05, 3.63) is 29.4 Å². The van der Waals surface area contributed by atoms with Gasteiger partial charge in [0.05, 0.1) is 17.6 Å². The molecule has 3 N–H and O–H groups in total. The van der Waals surface area contributed by atoms with E-state index in [1.807, 2.05) is 17.5 Å². The minimum absolute atomic E-state index is 0.0311. The fourth-order valence-electron chi connectivity index (χ4n) is 2.48. The molecular weight excluding hydrogens is 336 g/mol. The van der Waals surface area contributed by atoms with Crippen LogP contribution in [-0.4, -0.2) is 42.2 Å². The number of carbonyl (C=O) groups is 1. The average molecular weight is 360 g/mol.